The highest BCUT2D eigenvalue weighted by molar-refractivity contribution is 5.93. The topological polar surface area (TPSA) is 86.1 Å². The molecule has 8 nitrogen and oxygen atoms in total. The van der Waals surface area contributed by atoms with Crippen molar-refractivity contribution in [3.05, 3.63) is 65.4 Å². The summed E-state index contributed by atoms with van der Waals surface area (Å²) < 4.78 is 21.5. The Labute approximate surface area is 187 Å². The number of aromatic nitrogens is 1. The van der Waals surface area contributed by atoms with Gasteiger partial charge >= 0.3 is 0 Å². The Morgan fingerprint density at radius 2 is 1.84 bits per heavy atom. The molecule has 0 spiro atoms. The van der Waals surface area contributed by atoms with Crippen LogP contribution in [0.15, 0.2) is 53.1 Å². The standard InChI is InChI=1S/C24H27N3O5/c1-29-19-7-8-22(30-2)20(13-19)23-14-21(26-32-23)24(28)25-15-17-5-3-4-6-18(17)16-27-9-11-31-12-10-27/h3-8,13-14H,9-12,15-16H2,1-2H3,(H,25,28). The van der Waals surface area contributed by atoms with Gasteiger partial charge in [-0.3, -0.25) is 9.69 Å². The Bertz CT molecular complexity index is 1060. The zero-order valence-electron chi connectivity index (χ0n) is 18.3. The van der Waals surface area contributed by atoms with Crippen LogP contribution in [0.4, 0.5) is 0 Å². The van der Waals surface area contributed by atoms with Gasteiger partial charge in [0, 0.05) is 32.2 Å². The van der Waals surface area contributed by atoms with Crippen LogP contribution in [0.3, 0.4) is 0 Å². The van der Waals surface area contributed by atoms with Crippen molar-refractivity contribution in [3.63, 3.8) is 0 Å². The van der Waals surface area contributed by atoms with E-state index in [0.717, 1.165) is 38.4 Å². The summed E-state index contributed by atoms with van der Waals surface area (Å²) in [6, 6.07) is 15.1. The number of carbonyl (C=O) groups is 1. The number of rotatable bonds is 8. The second-order valence-corrected chi connectivity index (χ2v) is 7.48. The Morgan fingerprint density at radius 1 is 1.06 bits per heavy atom. The first-order valence-corrected chi connectivity index (χ1v) is 10.5. The van der Waals surface area contributed by atoms with Gasteiger partial charge in [0.15, 0.2) is 11.5 Å². The van der Waals surface area contributed by atoms with Crippen molar-refractivity contribution in [1.82, 2.24) is 15.4 Å². The van der Waals surface area contributed by atoms with Gasteiger partial charge in [-0.05, 0) is 29.3 Å². The fourth-order valence-corrected chi connectivity index (χ4v) is 3.67. The van der Waals surface area contributed by atoms with Crippen molar-refractivity contribution in [2.75, 3.05) is 40.5 Å². The number of morpholine rings is 1. The average molecular weight is 437 g/mol. The second-order valence-electron chi connectivity index (χ2n) is 7.48. The average Bonchev–Trinajstić information content (AvgIpc) is 3.34. The van der Waals surface area contributed by atoms with E-state index in [-0.39, 0.29) is 11.6 Å². The number of benzene rings is 2. The molecule has 2 aromatic carbocycles. The molecule has 0 aliphatic carbocycles. The summed E-state index contributed by atoms with van der Waals surface area (Å²) in [6.45, 7) is 4.58. The minimum absolute atomic E-state index is 0.204. The zero-order chi connectivity index (χ0) is 22.3. The molecule has 0 atom stereocenters. The number of carbonyl (C=O) groups excluding carboxylic acids is 1. The highest BCUT2D eigenvalue weighted by atomic mass is 16.5. The lowest BCUT2D eigenvalue weighted by atomic mass is 10.1. The van der Waals surface area contributed by atoms with Crippen LogP contribution in [0.2, 0.25) is 0 Å². The minimum Gasteiger partial charge on any atom is -0.497 e. The maximum atomic E-state index is 12.7. The van der Waals surface area contributed by atoms with E-state index in [1.54, 1.807) is 38.5 Å². The Balaban J connectivity index is 1.44. The Hall–Kier alpha value is -3.36. The molecular weight excluding hydrogens is 410 g/mol. The van der Waals surface area contributed by atoms with Gasteiger partial charge in [0.2, 0.25) is 0 Å². The molecule has 1 saturated heterocycles. The lowest BCUT2D eigenvalue weighted by Gasteiger charge is -2.27. The van der Waals surface area contributed by atoms with Gasteiger partial charge in [0.25, 0.3) is 5.91 Å². The third-order valence-electron chi connectivity index (χ3n) is 5.47. The van der Waals surface area contributed by atoms with E-state index >= 15 is 0 Å². The number of hydrogen-bond acceptors (Lipinski definition) is 7. The summed E-state index contributed by atoms with van der Waals surface area (Å²) in [4.78, 5) is 15.1. The second kappa shape index (κ2) is 10.3. The number of methoxy groups -OCH3 is 2. The van der Waals surface area contributed by atoms with Crippen molar-refractivity contribution >= 4 is 5.91 Å². The highest BCUT2D eigenvalue weighted by Crippen LogP contribution is 2.33. The van der Waals surface area contributed by atoms with Gasteiger partial charge in [-0.2, -0.15) is 0 Å². The monoisotopic (exact) mass is 437 g/mol. The number of ether oxygens (including phenoxy) is 3. The van der Waals surface area contributed by atoms with E-state index in [2.05, 4.69) is 21.4 Å². The Kier molecular flexibility index (Phi) is 7.03. The molecule has 0 unspecified atom stereocenters. The summed E-state index contributed by atoms with van der Waals surface area (Å²) in [6.07, 6.45) is 0. The molecule has 8 heteroatoms. The summed E-state index contributed by atoms with van der Waals surface area (Å²) in [5.41, 5.74) is 3.13. The SMILES string of the molecule is COc1ccc(OC)c(-c2cc(C(=O)NCc3ccccc3CN3CCOCC3)no2)c1. The molecule has 1 fully saturated rings. The number of amides is 1. The lowest BCUT2D eigenvalue weighted by Crippen LogP contribution is -2.36. The smallest absolute Gasteiger partial charge is 0.273 e. The largest absolute Gasteiger partial charge is 0.497 e. The van der Waals surface area contributed by atoms with Crippen LogP contribution in [0.5, 0.6) is 11.5 Å². The molecule has 0 saturated carbocycles. The maximum absolute atomic E-state index is 12.7. The molecule has 1 N–H and O–H groups in total. The summed E-state index contributed by atoms with van der Waals surface area (Å²) >= 11 is 0. The van der Waals surface area contributed by atoms with Crippen molar-refractivity contribution in [3.8, 4) is 22.8 Å². The zero-order valence-corrected chi connectivity index (χ0v) is 18.3. The van der Waals surface area contributed by atoms with Crippen LogP contribution in [-0.2, 0) is 17.8 Å². The molecule has 0 radical (unpaired) electrons. The van der Waals surface area contributed by atoms with Gasteiger partial charge in [-0.1, -0.05) is 29.4 Å². The number of hydrogen-bond donors (Lipinski definition) is 1. The van der Waals surface area contributed by atoms with Crippen LogP contribution >= 0.6 is 0 Å². The summed E-state index contributed by atoms with van der Waals surface area (Å²) in [5.74, 6) is 1.38. The minimum atomic E-state index is -0.303. The molecule has 0 bridgehead atoms. The number of nitrogens with one attached hydrogen (secondary N) is 1. The van der Waals surface area contributed by atoms with Gasteiger partial charge in [0.1, 0.15) is 11.5 Å². The summed E-state index contributed by atoms with van der Waals surface area (Å²) in [7, 11) is 3.16. The predicted molar refractivity (Wildman–Crippen MR) is 119 cm³/mol. The molecule has 168 valence electrons. The molecule has 1 amide bonds. The lowest BCUT2D eigenvalue weighted by molar-refractivity contribution is 0.0340. The van der Waals surface area contributed by atoms with E-state index in [1.165, 1.54) is 5.56 Å². The molecule has 32 heavy (non-hydrogen) atoms. The summed E-state index contributed by atoms with van der Waals surface area (Å²) in [5, 5.41) is 6.89. The molecule has 1 aliphatic rings. The van der Waals surface area contributed by atoms with E-state index in [4.69, 9.17) is 18.7 Å². The van der Waals surface area contributed by atoms with Crippen LogP contribution in [0.1, 0.15) is 21.6 Å². The fraction of sp³-hybridized carbons (Fsp3) is 0.333. The van der Waals surface area contributed by atoms with Crippen molar-refractivity contribution in [2.45, 2.75) is 13.1 Å². The van der Waals surface area contributed by atoms with E-state index in [0.29, 0.717) is 29.4 Å². The molecule has 4 rings (SSSR count). The predicted octanol–water partition coefficient (Wildman–Crippen LogP) is 3.12. The molecule has 2 heterocycles. The Morgan fingerprint density at radius 3 is 2.59 bits per heavy atom. The fourth-order valence-electron chi connectivity index (χ4n) is 3.67. The molecule has 1 aromatic heterocycles. The molecular formula is C24H27N3O5. The van der Waals surface area contributed by atoms with Gasteiger partial charge < -0.3 is 24.1 Å². The van der Waals surface area contributed by atoms with Gasteiger partial charge in [-0.15, -0.1) is 0 Å². The van der Waals surface area contributed by atoms with Crippen molar-refractivity contribution in [1.29, 1.82) is 0 Å². The first-order chi connectivity index (χ1) is 15.7. The third-order valence-corrected chi connectivity index (χ3v) is 5.47. The molecule has 3 aromatic rings. The highest BCUT2D eigenvalue weighted by Gasteiger charge is 2.18. The van der Waals surface area contributed by atoms with Gasteiger partial charge in [-0.25, -0.2) is 0 Å². The van der Waals surface area contributed by atoms with Crippen molar-refractivity contribution < 1.29 is 23.5 Å². The van der Waals surface area contributed by atoms with E-state index in [1.807, 2.05) is 18.2 Å². The van der Waals surface area contributed by atoms with Gasteiger partial charge in [0.05, 0.1) is 33.0 Å². The van der Waals surface area contributed by atoms with E-state index < -0.39 is 0 Å². The molecule has 1 aliphatic heterocycles. The van der Waals surface area contributed by atoms with Crippen molar-refractivity contribution in [2.24, 2.45) is 0 Å². The maximum Gasteiger partial charge on any atom is 0.273 e. The van der Waals surface area contributed by atoms with E-state index in [9.17, 15) is 4.79 Å². The first-order valence-electron chi connectivity index (χ1n) is 10.5. The van der Waals surface area contributed by atoms with Crippen LogP contribution in [-0.4, -0.2) is 56.5 Å². The van der Waals surface area contributed by atoms with Crippen LogP contribution < -0.4 is 14.8 Å². The van der Waals surface area contributed by atoms with Crippen LogP contribution in [0, 0.1) is 0 Å². The number of nitrogens with zero attached hydrogens (tertiary/aromatic N) is 2. The normalized spacial score (nSPS) is 14.2. The first kappa shape index (κ1) is 21.9. The van der Waals surface area contributed by atoms with Crippen LogP contribution in [0.25, 0.3) is 11.3 Å². The quantitative estimate of drug-likeness (QED) is 0.579. The third kappa shape index (κ3) is 5.09.